The van der Waals surface area contributed by atoms with Crippen molar-refractivity contribution in [3.05, 3.63) is 44.3 Å². The normalized spacial score (nSPS) is 11.7. The largest absolute Gasteiger partial charge is 0.370 e. The predicted octanol–water partition coefficient (Wildman–Crippen LogP) is 0.180. The van der Waals surface area contributed by atoms with E-state index in [9.17, 15) is 20.2 Å². The van der Waals surface area contributed by atoms with Gasteiger partial charge in [0.05, 0.1) is 9.85 Å². The molecule has 0 aromatic carbocycles. The standard InChI is InChI=1S/C11H22N6O4S2/c1-12-10(7-16(18)19)14-3-5-22-9-23-6-4-15-11(13-2)8-17(20)21/h7-8,12-15H,3-6,9H2,1-2H3/b10-7-,11-8+. The maximum atomic E-state index is 10.3. The third-order valence-electron chi connectivity index (χ3n) is 2.30. The lowest BCUT2D eigenvalue weighted by Gasteiger charge is -2.08. The molecule has 0 saturated carbocycles. The van der Waals surface area contributed by atoms with E-state index in [0.29, 0.717) is 24.7 Å². The van der Waals surface area contributed by atoms with E-state index < -0.39 is 9.85 Å². The Morgan fingerprint density at radius 2 is 1.30 bits per heavy atom. The molecule has 0 unspecified atom stereocenters. The fourth-order valence-electron chi connectivity index (χ4n) is 1.30. The summed E-state index contributed by atoms with van der Waals surface area (Å²) < 4.78 is 0. The van der Waals surface area contributed by atoms with Gasteiger partial charge in [0.15, 0.2) is 11.6 Å². The molecule has 132 valence electrons. The van der Waals surface area contributed by atoms with Gasteiger partial charge in [0.25, 0.3) is 12.4 Å². The zero-order valence-electron chi connectivity index (χ0n) is 13.0. The molecule has 0 aliphatic heterocycles. The van der Waals surface area contributed by atoms with Crippen LogP contribution < -0.4 is 21.3 Å². The number of hydrogen-bond acceptors (Lipinski definition) is 10. The molecular weight excluding hydrogens is 344 g/mol. The SMILES string of the molecule is CN/C(=C/[N+](=O)[O-])NCCSCSCCN/C(=C/[N+](=O)[O-])NC. The first-order chi connectivity index (χ1) is 11.0. The number of nitrogens with one attached hydrogen (secondary N) is 4. The Hall–Kier alpha value is -1.82. The van der Waals surface area contributed by atoms with Gasteiger partial charge in [-0.3, -0.25) is 20.2 Å². The lowest BCUT2D eigenvalue weighted by atomic mass is 10.6. The monoisotopic (exact) mass is 366 g/mol. The molecule has 0 atom stereocenters. The van der Waals surface area contributed by atoms with Crippen LogP contribution in [0.2, 0.25) is 0 Å². The summed E-state index contributed by atoms with van der Waals surface area (Å²) in [6, 6.07) is 0. The van der Waals surface area contributed by atoms with Crippen LogP contribution in [0, 0.1) is 20.2 Å². The van der Waals surface area contributed by atoms with E-state index in [2.05, 4.69) is 21.3 Å². The predicted molar refractivity (Wildman–Crippen MR) is 94.1 cm³/mol. The van der Waals surface area contributed by atoms with E-state index in [4.69, 9.17) is 0 Å². The van der Waals surface area contributed by atoms with E-state index in [0.717, 1.165) is 29.0 Å². The van der Waals surface area contributed by atoms with Gasteiger partial charge in [0, 0.05) is 43.8 Å². The third-order valence-corrected chi connectivity index (χ3v) is 4.62. The molecule has 4 N–H and O–H groups in total. The van der Waals surface area contributed by atoms with Crippen molar-refractivity contribution in [3.8, 4) is 0 Å². The van der Waals surface area contributed by atoms with Crippen molar-refractivity contribution in [1.29, 1.82) is 0 Å². The number of thioether (sulfide) groups is 2. The molecule has 0 bridgehead atoms. The minimum Gasteiger partial charge on any atom is -0.370 e. The molecule has 0 rings (SSSR count). The molecule has 10 nitrogen and oxygen atoms in total. The van der Waals surface area contributed by atoms with Gasteiger partial charge in [-0.2, -0.15) is 0 Å². The Morgan fingerprint density at radius 3 is 1.61 bits per heavy atom. The van der Waals surface area contributed by atoms with E-state index in [1.807, 2.05) is 0 Å². The minimum atomic E-state index is -0.512. The second-order valence-electron chi connectivity index (χ2n) is 3.94. The molecule has 12 heteroatoms. The van der Waals surface area contributed by atoms with Crippen molar-refractivity contribution >= 4 is 23.5 Å². The number of nitrogens with zero attached hydrogens (tertiary/aromatic N) is 2. The summed E-state index contributed by atoms with van der Waals surface area (Å²) in [5, 5.41) is 32.8. The maximum absolute atomic E-state index is 10.3. The van der Waals surface area contributed by atoms with Gasteiger partial charge in [-0.1, -0.05) is 0 Å². The summed E-state index contributed by atoms with van der Waals surface area (Å²) in [7, 11) is 3.23. The van der Waals surface area contributed by atoms with Crippen LogP contribution in [0.5, 0.6) is 0 Å². The average molecular weight is 366 g/mol. The van der Waals surface area contributed by atoms with Crippen LogP contribution in [0.25, 0.3) is 0 Å². The van der Waals surface area contributed by atoms with Gasteiger partial charge in [-0.25, -0.2) is 0 Å². The van der Waals surface area contributed by atoms with Gasteiger partial charge in [0.2, 0.25) is 0 Å². The van der Waals surface area contributed by atoms with Crippen molar-refractivity contribution in [1.82, 2.24) is 21.3 Å². The third kappa shape index (κ3) is 13.6. The second-order valence-corrected chi connectivity index (χ2v) is 6.52. The summed E-state index contributed by atoms with van der Waals surface area (Å²) >= 11 is 3.42. The maximum Gasteiger partial charge on any atom is 0.274 e. The highest BCUT2D eigenvalue weighted by atomic mass is 32.2. The molecule has 0 heterocycles. The van der Waals surface area contributed by atoms with Crippen LogP contribution in [0.15, 0.2) is 24.0 Å². The first-order valence-corrected chi connectivity index (χ1v) is 9.00. The topological polar surface area (TPSA) is 134 Å². The van der Waals surface area contributed by atoms with E-state index >= 15 is 0 Å². The summed E-state index contributed by atoms with van der Waals surface area (Å²) in [6.45, 7) is 1.25. The van der Waals surface area contributed by atoms with E-state index in [-0.39, 0.29) is 0 Å². The van der Waals surface area contributed by atoms with Gasteiger partial charge in [-0.05, 0) is 0 Å². The van der Waals surface area contributed by atoms with Crippen molar-refractivity contribution in [2.45, 2.75) is 0 Å². The number of hydrogen-bond donors (Lipinski definition) is 4. The highest BCUT2D eigenvalue weighted by molar-refractivity contribution is 8.15. The summed E-state index contributed by atoms with van der Waals surface area (Å²) in [4.78, 5) is 19.6. The fraction of sp³-hybridized carbons (Fsp3) is 0.636. The Kier molecular flexibility index (Phi) is 12.7. The minimum absolute atomic E-state index is 0.379. The Balaban J connectivity index is 3.60. The summed E-state index contributed by atoms with van der Waals surface area (Å²) in [5.41, 5.74) is 0. The number of nitro groups is 2. The molecule has 0 saturated heterocycles. The summed E-state index contributed by atoms with van der Waals surface area (Å²) in [6.07, 6.45) is 1.78. The smallest absolute Gasteiger partial charge is 0.274 e. The van der Waals surface area contributed by atoms with E-state index in [1.165, 1.54) is 0 Å². The first-order valence-electron chi connectivity index (χ1n) is 6.69. The lowest BCUT2D eigenvalue weighted by molar-refractivity contribution is -0.404. The van der Waals surface area contributed by atoms with Gasteiger partial charge >= 0.3 is 0 Å². The lowest BCUT2D eigenvalue weighted by Crippen LogP contribution is -2.26. The molecule has 0 aliphatic rings. The van der Waals surface area contributed by atoms with Crippen molar-refractivity contribution in [2.24, 2.45) is 0 Å². The molecular formula is C11H22N6O4S2. The van der Waals surface area contributed by atoms with Crippen LogP contribution in [0.3, 0.4) is 0 Å². The summed E-state index contributed by atoms with van der Waals surface area (Å²) in [5.74, 6) is 2.40. The highest BCUT2D eigenvalue weighted by Gasteiger charge is 2.00. The van der Waals surface area contributed by atoms with Crippen LogP contribution in [0.1, 0.15) is 0 Å². The second kappa shape index (κ2) is 13.8. The molecule has 0 spiro atoms. The fourth-order valence-corrected chi connectivity index (χ4v) is 3.21. The quantitative estimate of drug-likeness (QED) is 0.146. The zero-order chi connectivity index (χ0) is 17.5. The molecule has 0 aromatic heterocycles. The van der Waals surface area contributed by atoms with E-state index in [1.54, 1.807) is 37.6 Å². The van der Waals surface area contributed by atoms with Gasteiger partial charge < -0.3 is 21.3 Å². The van der Waals surface area contributed by atoms with Gasteiger partial charge in [-0.15, -0.1) is 23.5 Å². The Morgan fingerprint density at radius 1 is 0.913 bits per heavy atom. The van der Waals surface area contributed by atoms with Gasteiger partial charge in [0.1, 0.15) is 0 Å². The van der Waals surface area contributed by atoms with Crippen molar-refractivity contribution < 1.29 is 9.85 Å². The molecule has 0 amide bonds. The molecule has 0 aromatic rings. The first kappa shape index (κ1) is 21.2. The highest BCUT2D eigenvalue weighted by Crippen LogP contribution is 2.10. The van der Waals surface area contributed by atoms with Crippen LogP contribution in [0.4, 0.5) is 0 Å². The molecule has 0 radical (unpaired) electrons. The Bertz CT molecular complexity index is 395. The molecule has 0 fully saturated rings. The van der Waals surface area contributed by atoms with Crippen LogP contribution in [-0.4, -0.2) is 53.6 Å². The molecule has 0 aliphatic carbocycles. The van der Waals surface area contributed by atoms with Crippen molar-refractivity contribution in [2.75, 3.05) is 43.8 Å². The zero-order valence-corrected chi connectivity index (χ0v) is 14.7. The Labute approximate surface area is 143 Å². The van der Waals surface area contributed by atoms with Crippen LogP contribution >= 0.6 is 23.5 Å². The van der Waals surface area contributed by atoms with Crippen LogP contribution in [-0.2, 0) is 0 Å². The van der Waals surface area contributed by atoms with Crippen molar-refractivity contribution in [3.63, 3.8) is 0 Å². The molecule has 23 heavy (non-hydrogen) atoms. The average Bonchev–Trinajstić information content (AvgIpc) is 2.49. The number of rotatable bonds is 14.